The molecule has 1 aromatic carbocycles. The zero-order valence-corrected chi connectivity index (χ0v) is 10.2. The number of hydrogen-bond acceptors (Lipinski definition) is 4. The van der Waals surface area contributed by atoms with Crippen LogP contribution in [0.25, 0.3) is 11.1 Å². The quantitative estimate of drug-likeness (QED) is 0.899. The second-order valence-corrected chi connectivity index (χ2v) is 4.67. The smallest absolute Gasteiger partial charge is 0.416 e. The van der Waals surface area contributed by atoms with Gasteiger partial charge in [-0.3, -0.25) is 0 Å². The molecule has 1 atom stereocenters. The largest absolute Gasteiger partial charge is 0.441 e. The Bertz CT molecular complexity index is 590. The maximum absolute atomic E-state index is 12.5. The highest BCUT2D eigenvalue weighted by molar-refractivity contribution is 5.73. The first-order chi connectivity index (χ1) is 8.71. The van der Waals surface area contributed by atoms with Crippen LogP contribution in [0.4, 0.5) is 13.2 Å². The lowest BCUT2D eigenvalue weighted by Crippen LogP contribution is -2.36. The van der Waals surface area contributed by atoms with Crippen LogP contribution in [0.1, 0.15) is 18.4 Å². The Morgan fingerprint density at radius 2 is 2.05 bits per heavy atom. The molecule has 0 aliphatic carbocycles. The molecular formula is C12H13F3N2O2. The van der Waals surface area contributed by atoms with Gasteiger partial charge in [-0.2, -0.15) is 13.2 Å². The van der Waals surface area contributed by atoms with Gasteiger partial charge in [-0.15, -0.1) is 0 Å². The second kappa shape index (κ2) is 4.50. The van der Waals surface area contributed by atoms with Gasteiger partial charge in [-0.05, 0) is 25.1 Å². The molecule has 0 fully saturated rings. The lowest BCUT2D eigenvalue weighted by atomic mass is 10.0. The minimum Gasteiger partial charge on any atom is -0.441 e. The fourth-order valence-electron chi connectivity index (χ4n) is 1.63. The maximum atomic E-state index is 12.5. The minimum atomic E-state index is -4.42. The molecule has 4 nitrogen and oxygen atoms in total. The molecule has 0 bridgehead atoms. The predicted octanol–water partition coefficient (Wildman–Crippen LogP) is 2.10. The Morgan fingerprint density at radius 1 is 1.37 bits per heavy atom. The van der Waals surface area contributed by atoms with Gasteiger partial charge >= 0.3 is 6.18 Å². The summed E-state index contributed by atoms with van der Waals surface area (Å²) in [4.78, 5) is 3.94. The summed E-state index contributed by atoms with van der Waals surface area (Å²) in [5.74, 6) is 0.157. The molecule has 1 heterocycles. The van der Waals surface area contributed by atoms with Crippen molar-refractivity contribution >= 4 is 11.1 Å². The SMILES string of the molecule is CC(O)(CN)Cc1nc2cc(C(F)(F)F)ccc2o1. The zero-order valence-electron chi connectivity index (χ0n) is 10.2. The van der Waals surface area contributed by atoms with E-state index in [1.54, 1.807) is 0 Å². The number of nitrogens with zero attached hydrogens (tertiary/aromatic N) is 1. The van der Waals surface area contributed by atoms with E-state index in [1.807, 2.05) is 0 Å². The van der Waals surface area contributed by atoms with Crippen molar-refractivity contribution < 1.29 is 22.7 Å². The summed E-state index contributed by atoms with van der Waals surface area (Å²) in [5.41, 5.74) is 3.73. The average molecular weight is 274 g/mol. The van der Waals surface area contributed by atoms with Gasteiger partial charge in [0, 0.05) is 6.54 Å². The normalized spacial score (nSPS) is 15.7. The van der Waals surface area contributed by atoms with Crippen molar-refractivity contribution in [1.29, 1.82) is 0 Å². The third kappa shape index (κ3) is 3.05. The van der Waals surface area contributed by atoms with Crippen molar-refractivity contribution in [3.8, 4) is 0 Å². The molecule has 1 unspecified atom stereocenters. The summed E-state index contributed by atoms with van der Waals surface area (Å²) < 4.78 is 42.9. The Hall–Kier alpha value is -1.60. The van der Waals surface area contributed by atoms with E-state index >= 15 is 0 Å². The van der Waals surface area contributed by atoms with Crippen LogP contribution in [0.2, 0.25) is 0 Å². The summed E-state index contributed by atoms with van der Waals surface area (Å²) in [6.45, 7) is 1.50. The lowest BCUT2D eigenvalue weighted by molar-refractivity contribution is -0.137. The van der Waals surface area contributed by atoms with Gasteiger partial charge in [0.25, 0.3) is 0 Å². The molecule has 0 saturated heterocycles. The van der Waals surface area contributed by atoms with E-state index in [4.69, 9.17) is 10.2 Å². The van der Waals surface area contributed by atoms with E-state index in [2.05, 4.69) is 4.98 Å². The van der Waals surface area contributed by atoms with E-state index in [1.165, 1.54) is 13.0 Å². The van der Waals surface area contributed by atoms with Gasteiger partial charge in [0.15, 0.2) is 11.5 Å². The van der Waals surface area contributed by atoms with Crippen molar-refractivity contribution in [2.75, 3.05) is 6.54 Å². The monoisotopic (exact) mass is 274 g/mol. The Morgan fingerprint density at radius 3 is 2.63 bits per heavy atom. The number of aliphatic hydroxyl groups is 1. The summed E-state index contributed by atoms with van der Waals surface area (Å²) in [6, 6.07) is 3.06. The second-order valence-electron chi connectivity index (χ2n) is 4.67. The van der Waals surface area contributed by atoms with E-state index in [0.29, 0.717) is 0 Å². The summed E-state index contributed by atoms with van der Waals surface area (Å²) in [7, 11) is 0. The number of alkyl halides is 3. The Kier molecular flexibility index (Phi) is 3.27. The minimum absolute atomic E-state index is 0.000470. The zero-order chi connectivity index (χ0) is 14.3. The average Bonchev–Trinajstić information content (AvgIpc) is 2.67. The van der Waals surface area contributed by atoms with E-state index in [-0.39, 0.29) is 30.0 Å². The first kappa shape index (κ1) is 13.8. The molecule has 2 rings (SSSR count). The van der Waals surface area contributed by atoms with Crippen molar-refractivity contribution in [1.82, 2.24) is 4.98 Å². The molecule has 104 valence electrons. The number of aromatic nitrogens is 1. The third-order valence-electron chi connectivity index (χ3n) is 2.73. The number of benzene rings is 1. The van der Waals surface area contributed by atoms with Crippen LogP contribution in [0, 0.1) is 0 Å². The van der Waals surface area contributed by atoms with Crippen LogP contribution >= 0.6 is 0 Å². The molecule has 0 amide bonds. The Balaban J connectivity index is 2.36. The van der Waals surface area contributed by atoms with Gasteiger partial charge in [0.2, 0.25) is 0 Å². The number of halogens is 3. The molecule has 0 spiro atoms. The molecule has 0 aliphatic heterocycles. The standard InChI is InChI=1S/C12H13F3N2O2/c1-11(18,6-16)5-10-17-8-4-7(12(13,14)15)2-3-9(8)19-10/h2-4,18H,5-6,16H2,1H3. The van der Waals surface area contributed by atoms with Crippen LogP contribution in [0.5, 0.6) is 0 Å². The van der Waals surface area contributed by atoms with Gasteiger partial charge < -0.3 is 15.3 Å². The van der Waals surface area contributed by atoms with Crippen molar-refractivity contribution in [2.24, 2.45) is 5.73 Å². The molecule has 19 heavy (non-hydrogen) atoms. The number of rotatable bonds is 3. The lowest BCUT2D eigenvalue weighted by Gasteiger charge is -2.18. The third-order valence-corrected chi connectivity index (χ3v) is 2.73. The Labute approximate surface area is 107 Å². The van der Waals surface area contributed by atoms with Crippen LogP contribution in [0.15, 0.2) is 22.6 Å². The summed E-state index contributed by atoms with van der Waals surface area (Å²) in [5, 5.41) is 9.78. The summed E-state index contributed by atoms with van der Waals surface area (Å²) >= 11 is 0. The van der Waals surface area contributed by atoms with E-state index < -0.39 is 17.3 Å². The van der Waals surface area contributed by atoms with Crippen molar-refractivity contribution in [3.63, 3.8) is 0 Å². The van der Waals surface area contributed by atoms with Gasteiger partial charge in [-0.1, -0.05) is 0 Å². The molecule has 0 radical (unpaired) electrons. The topological polar surface area (TPSA) is 72.3 Å². The molecule has 7 heteroatoms. The molecule has 2 aromatic rings. The first-order valence-corrected chi connectivity index (χ1v) is 5.60. The van der Waals surface area contributed by atoms with Crippen molar-refractivity contribution in [2.45, 2.75) is 25.1 Å². The van der Waals surface area contributed by atoms with Gasteiger partial charge in [0.1, 0.15) is 5.52 Å². The van der Waals surface area contributed by atoms with Crippen LogP contribution in [-0.4, -0.2) is 22.2 Å². The van der Waals surface area contributed by atoms with Crippen LogP contribution in [-0.2, 0) is 12.6 Å². The van der Waals surface area contributed by atoms with E-state index in [0.717, 1.165) is 12.1 Å². The van der Waals surface area contributed by atoms with Gasteiger partial charge in [0.05, 0.1) is 17.6 Å². The molecular weight excluding hydrogens is 261 g/mol. The van der Waals surface area contributed by atoms with Crippen LogP contribution < -0.4 is 5.73 Å². The summed E-state index contributed by atoms with van der Waals surface area (Å²) in [6.07, 6.45) is -4.38. The van der Waals surface area contributed by atoms with E-state index in [9.17, 15) is 18.3 Å². The highest BCUT2D eigenvalue weighted by atomic mass is 19.4. The fraction of sp³-hybridized carbons (Fsp3) is 0.417. The van der Waals surface area contributed by atoms with Crippen LogP contribution in [0.3, 0.4) is 0 Å². The number of fused-ring (bicyclic) bond motifs is 1. The molecule has 0 aliphatic rings. The predicted molar refractivity (Wildman–Crippen MR) is 62.4 cm³/mol. The number of nitrogens with two attached hydrogens (primary N) is 1. The molecule has 1 aromatic heterocycles. The van der Waals surface area contributed by atoms with Crippen molar-refractivity contribution in [3.05, 3.63) is 29.7 Å². The molecule has 0 saturated carbocycles. The maximum Gasteiger partial charge on any atom is 0.416 e. The van der Waals surface area contributed by atoms with Gasteiger partial charge in [-0.25, -0.2) is 4.98 Å². The fourth-order valence-corrected chi connectivity index (χ4v) is 1.63. The first-order valence-electron chi connectivity index (χ1n) is 5.60. The molecule has 3 N–H and O–H groups in total. The highest BCUT2D eigenvalue weighted by Gasteiger charge is 2.31. The highest BCUT2D eigenvalue weighted by Crippen LogP contribution is 2.31. The number of hydrogen-bond donors (Lipinski definition) is 2. The number of oxazole rings is 1.